The molecule has 1 aromatic carbocycles. The van der Waals surface area contributed by atoms with Gasteiger partial charge in [-0.3, -0.25) is 4.79 Å². The fourth-order valence-electron chi connectivity index (χ4n) is 4.22. The van der Waals surface area contributed by atoms with Gasteiger partial charge >= 0.3 is 5.97 Å². The van der Waals surface area contributed by atoms with Crippen LogP contribution in [-0.2, 0) is 9.53 Å². The zero-order valence-electron chi connectivity index (χ0n) is 18.4. The van der Waals surface area contributed by atoms with E-state index < -0.39 is 0 Å². The molecule has 1 aliphatic carbocycles. The number of anilines is 1. The fraction of sp³-hybridized carbons (Fsp3) is 0.520. The van der Waals surface area contributed by atoms with E-state index in [1.165, 1.54) is 43.4 Å². The smallest absolute Gasteiger partial charge is 0.341 e. The highest BCUT2D eigenvalue weighted by Crippen LogP contribution is 2.40. The average Bonchev–Trinajstić information content (AvgIpc) is 3.18. The fourth-order valence-corrected chi connectivity index (χ4v) is 5.52. The van der Waals surface area contributed by atoms with E-state index in [-0.39, 0.29) is 17.9 Å². The largest absolute Gasteiger partial charge is 0.462 e. The molecule has 2 aromatic rings. The molecule has 0 N–H and O–H groups in total. The normalized spacial score (nSPS) is 14.7. The first-order valence-electron chi connectivity index (χ1n) is 11.2. The molecule has 0 bridgehead atoms. The number of carbonyl (C=O) groups excluding carboxylic acids is 2. The molecule has 0 saturated heterocycles. The van der Waals surface area contributed by atoms with E-state index in [1.54, 1.807) is 6.92 Å². The highest BCUT2D eigenvalue weighted by molar-refractivity contribution is 7.20. The summed E-state index contributed by atoms with van der Waals surface area (Å²) < 4.78 is 5.31. The Morgan fingerprint density at radius 2 is 1.83 bits per heavy atom. The summed E-state index contributed by atoms with van der Waals surface area (Å²) in [7, 11) is 0. The van der Waals surface area contributed by atoms with E-state index in [4.69, 9.17) is 4.74 Å². The zero-order chi connectivity index (χ0) is 21.5. The van der Waals surface area contributed by atoms with Crippen molar-refractivity contribution in [3.05, 3.63) is 42.0 Å². The second kappa shape index (κ2) is 10.8. The summed E-state index contributed by atoms with van der Waals surface area (Å²) in [6.45, 7) is 6.13. The first-order chi connectivity index (χ1) is 14.5. The van der Waals surface area contributed by atoms with Crippen LogP contribution in [0.1, 0.15) is 76.1 Å². The van der Waals surface area contributed by atoms with E-state index in [2.05, 4.69) is 0 Å². The lowest BCUT2D eigenvalue weighted by Gasteiger charge is -2.28. The van der Waals surface area contributed by atoms with Gasteiger partial charge in [0.2, 0.25) is 5.91 Å². The van der Waals surface area contributed by atoms with Gasteiger partial charge in [0.25, 0.3) is 0 Å². The maximum atomic E-state index is 13.3. The lowest BCUT2D eigenvalue weighted by Crippen LogP contribution is -2.37. The van der Waals surface area contributed by atoms with E-state index in [1.807, 2.05) is 55.1 Å². The van der Waals surface area contributed by atoms with Crippen LogP contribution < -0.4 is 4.90 Å². The van der Waals surface area contributed by atoms with Gasteiger partial charge in [-0.15, -0.1) is 11.3 Å². The van der Waals surface area contributed by atoms with E-state index in [9.17, 15) is 9.59 Å². The molecule has 30 heavy (non-hydrogen) atoms. The molecule has 0 unspecified atom stereocenters. The maximum absolute atomic E-state index is 13.3. The predicted molar refractivity (Wildman–Crippen MR) is 124 cm³/mol. The Balaban J connectivity index is 1.88. The third kappa shape index (κ3) is 5.51. The summed E-state index contributed by atoms with van der Waals surface area (Å²) in [6.07, 6.45) is 7.83. The van der Waals surface area contributed by atoms with Gasteiger partial charge in [0.15, 0.2) is 0 Å². The standard InChI is InChI=1S/C25H33NO3S/c1-4-29-25(28)21-17-22(20-13-9-6-10-14-20)30-24(21)26(18(2)3)23(27)16-15-19-11-7-5-8-12-19/h6,9-10,13-14,17-19H,4-5,7-8,11-12,15-16H2,1-3H3. The Labute approximate surface area is 184 Å². The molecular weight excluding hydrogens is 394 g/mol. The Bertz CT molecular complexity index is 837. The predicted octanol–water partition coefficient (Wildman–Crippen LogP) is 6.69. The minimum absolute atomic E-state index is 0.0284. The monoisotopic (exact) mass is 427 g/mol. The molecule has 1 amide bonds. The zero-order valence-corrected chi connectivity index (χ0v) is 19.2. The summed E-state index contributed by atoms with van der Waals surface area (Å²) in [5.74, 6) is 0.392. The van der Waals surface area contributed by atoms with Gasteiger partial charge in [0, 0.05) is 17.3 Å². The molecule has 1 aromatic heterocycles. The van der Waals surface area contributed by atoms with E-state index >= 15 is 0 Å². The third-order valence-electron chi connectivity index (χ3n) is 5.76. The Morgan fingerprint density at radius 1 is 1.13 bits per heavy atom. The van der Waals surface area contributed by atoms with Crippen LogP contribution in [0.4, 0.5) is 5.00 Å². The first-order valence-corrected chi connectivity index (χ1v) is 12.0. The minimum atomic E-state index is -0.364. The van der Waals surface area contributed by atoms with Gasteiger partial charge < -0.3 is 9.64 Å². The molecule has 4 nitrogen and oxygen atoms in total. The van der Waals surface area contributed by atoms with Crippen molar-refractivity contribution in [1.82, 2.24) is 0 Å². The summed E-state index contributed by atoms with van der Waals surface area (Å²) in [5, 5.41) is 0.705. The SMILES string of the molecule is CCOC(=O)c1cc(-c2ccccc2)sc1N(C(=O)CCC1CCCCC1)C(C)C. The number of rotatable bonds is 8. The summed E-state index contributed by atoms with van der Waals surface area (Å²) >= 11 is 1.50. The minimum Gasteiger partial charge on any atom is -0.462 e. The highest BCUT2D eigenvalue weighted by Gasteiger charge is 2.28. The van der Waals surface area contributed by atoms with E-state index in [0.717, 1.165) is 16.9 Å². The Hall–Kier alpha value is -2.14. The lowest BCUT2D eigenvalue weighted by molar-refractivity contribution is -0.119. The van der Waals surface area contributed by atoms with Crippen molar-refractivity contribution in [3.63, 3.8) is 0 Å². The number of hydrogen-bond donors (Lipinski definition) is 0. The lowest BCUT2D eigenvalue weighted by atomic mass is 9.86. The van der Waals surface area contributed by atoms with Gasteiger partial charge in [-0.1, -0.05) is 62.4 Å². The summed E-state index contributed by atoms with van der Waals surface area (Å²) in [5.41, 5.74) is 1.53. The van der Waals surface area contributed by atoms with Crippen molar-refractivity contribution < 1.29 is 14.3 Å². The molecule has 0 aliphatic heterocycles. The van der Waals surface area contributed by atoms with Crippen molar-refractivity contribution in [2.45, 2.75) is 71.8 Å². The highest BCUT2D eigenvalue weighted by atomic mass is 32.1. The van der Waals surface area contributed by atoms with Crippen molar-refractivity contribution in [2.75, 3.05) is 11.5 Å². The van der Waals surface area contributed by atoms with Gasteiger partial charge in [-0.2, -0.15) is 0 Å². The Morgan fingerprint density at radius 3 is 2.47 bits per heavy atom. The molecule has 0 atom stereocenters. The third-order valence-corrected chi connectivity index (χ3v) is 6.94. The van der Waals surface area contributed by atoms with Crippen LogP contribution in [0.15, 0.2) is 36.4 Å². The van der Waals surface area contributed by atoms with Crippen LogP contribution in [-0.4, -0.2) is 24.5 Å². The molecule has 3 rings (SSSR count). The van der Waals surface area contributed by atoms with Crippen LogP contribution in [0.3, 0.4) is 0 Å². The van der Waals surface area contributed by atoms with Crippen molar-refractivity contribution in [3.8, 4) is 10.4 Å². The number of benzene rings is 1. The number of carbonyl (C=O) groups is 2. The molecule has 0 spiro atoms. The van der Waals surface area contributed by atoms with Crippen molar-refractivity contribution in [2.24, 2.45) is 5.92 Å². The number of ether oxygens (including phenoxy) is 1. The molecule has 0 radical (unpaired) electrons. The van der Waals surface area contributed by atoms with Crippen LogP contribution >= 0.6 is 11.3 Å². The molecule has 1 saturated carbocycles. The van der Waals surface area contributed by atoms with Crippen LogP contribution in [0.2, 0.25) is 0 Å². The van der Waals surface area contributed by atoms with Gasteiger partial charge in [-0.05, 0) is 44.7 Å². The number of thiophene rings is 1. The first kappa shape index (κ1) is 22.5. The van der Waals surface area contributed by atoms with Crippen LogP contribution in [0, 0.1) is 5.92 Å². The van der Waals surface area contributed by atoms with Crippen molar-refractivity contribution >= 4 is 28.2 Å². The number of amides is 1. The molecule has 1 fully saturated rings. The number of nitrogens with zero attached hydrogens (tertiary/aromatic N) is 1. The summed E-state index contributed by atoms with van der Waals surface area (Å²) in [6, 6.07) is 11.8. The van der Waals surface area contributed by atoms with E-state index in [0.29, 0.717) is 29.5 Å². The maximum Gasteiger partial charge on any atom is 0.341 e. The second-order valence-corrected chi connectivity index (χ2v) is 9.35. The quantitative estimate of drug-likeness (QED) is 0.441. The summed E-state index contributed by atoms with van der Waals surface area (Å²) in [4.78, 5) is 28.8. The van der Waals surface area contributed by atoms with Crippen LogP contribution in [0.25, 0.3) is 10.4 Å². The number of esters is 1. The molecular formula is C25H33NO3S. The molecule has 5 heteroatoms. The van der Waals surface area contributed by atoms with Gasteiger partial charge in [0.05, 0.1) is 12.2 Å². The second-order valence-electron chi connectivity index (χ2n) is 8.32. The van der Waals surface area contributed by atoms with Gasteiger partial charge in [0.1, 0.15) is 5.00 Å². The van der Waals surface area contributed by atoms with Crippen LogP contribution in [0.5, 0.6) is 0 Å². The van der Waals surface area contributed by atoms with Gasteiger partial charge in [-0.25, -0.2) is 4.79 Å². The topological polar surface area (TPSA) is 46.6 Å². The molecule has 1 heterocycles. The average molecular weight is 428 g/mol. The number of hydrogen-bond acceptors (Lipinski definition) is 4. The van der Waals surface area contributed by atoms with Crippen molar-refractivity contribution in [1.29, 1.82) is 0 Å². The molecule has 162 valence electrons. The Kier molecular flexibility index (Phi) is 8.08. The molecule has 1 aliphatic rings.